The number of esters is 4. The van der Waals surface area contributed by atoms with Crippen LogP contribution in [-0.2, 0) is 38.1 Å². The first kappa shape index (κ1) is 27.1. The average molecular weight is 517 g/mol. The third-order valence-electron chi connectivity index (χ3n) is 8.71. The predicted molar refractivity (Wildman–Crippen MR) is 130 cm³/mol. The minimum absolute atomic E-state index is 0.186. The molecule has 1 aliphatic heterocycles. The molecule has 9 nitrogen and oxygen atoms in total. The molecule has 3 aliphatic rings. The number of carbonyl (C=O) groups is 4. The Morgan fingerprint density at radius 2 is 1.51 bits per heavy atom. The first-order valence-corrected chi connectivity index (χ1v) is 12.7. The van der Waals surface area contributed by atoms with Gasteiger partial charge in [0.15, 0.2) is 0 Å². The van der Waals surface area contributed by atoms with Crippen molar-refractivity contribution in [3.63, 3.8) is 0 Å². The van der Waals surface area contributed by atoms with Crippen molar-refractivity contribution in [1.82, 2.24) is 0 Å². The summed E-state index contributed by atoms with van der Waals surface area (Å²) in [4.78, 5) is 51.6. The Labute approximate surface area is 217 Å². The van der Waals surface area contributed by atoms with Crippen molar-refractivity contribution in [2.24, 2.45) is 23.2 Å². The van der Waals surface area contributed by atoms with Crippen LogP contribution < -0.4 is 0 Å². The summed E-state index contributed by atoms with van der Waals surface area (Å²) in [5.74, 6) is -4.22. The van der Waals surface area contributed by atoms with E-state index < -0.39 is 70.6 Å². The quantitative estimate of drug-likeness (QED) is 0.428. The number of hydrogen-bond acceptors (Lipinski definition) is 9. The lowest BCUT2D eigenvalue weighted by Crippen LogP contribution is -2.76. The number of ether oxygens (including phenoxy) is 5. The van der Waals surface area contributed by atoms with Crippen LogP contribution in [0.4, 0.5) is 0 Å². The largest absolute Gasteiger partial charge is 0.469 e. The van der Waals surface area contributed by atoms with Crippen LogP contribution in [-0.4, -0.2) is 60.5 Å². The Bertz CT molecular complexity index is 1080. The van der Waals surface area contributed by atoms with Gasteiger partial charge in [0.2, 0.25) is 0 Å². The highest BCUT2D eigenvalue weighted by Gasteiger charge is 2.82. The minimum Gasteiger partial charge on any atom is -0.469 e. The molecule has 202 valence electrons. The van der Waals surface area contributed by atoms with E-state index in [1.54, 1.807) is 30.3 Å². The molecule has 2 aliphatic carbocycles. The maximum atomic E-state index is 13.5. The molecule has 37 heavy (non-hydrogen) atoms. The van der Waals surface area contributed by atoms with Crippen LogP contribution >= 0.6 is 0 Å². The van der Waals surface area contributed by atoms with E-state index in [1.165, 1.54) is 21.0 Å². The van der Waals surface area contributed by atoms with Gasteiger partial charge in [0, 0.05) is 19.8 Å². The third kappa shape index (κ3) is 4.02. The van der Waals surface area contributed by atoms with E-state index in [0.717, 1.165) is 0 Å². The molecule has 4 rings (SSSR count). The summed E-state index contributed by atoms with van der Waals surface area (Å²) in [6.07, 6.45) is -1.69. The maximum Gasteiger partial charge on any atom is 0.338 e. The Morgan fingerprint density at radius 3 is 2.08 bits per heavy atom. The van der Waals surface area contributed by atoms with Crippen LogP contribution in [0, 0.1) is 23.2 Å². The van der Waals surface area contributed by atoms with Gasteiger partial charge in [-0.1, -0.05) is 25.1 Å². The molecule has 3 fully saturated rings. The first-order valence-electron chi connectivity index (χ1n) is 12.7. The molecule has 2 bridgehead atoms. The molecule has 0 amide bonds. The lowest BCUT2D eigenvalue weighted by atomic mass is 9.46. The second kappa shape index (κ2) is 9.42. The van der Waals surface area contributed by atoms with Gasteiger partial charge in [0.05, 0.1) is 23.7 Å². The molecule has 2 saturated carbocycles. The van der Waals surface area contributed by atoms with Gasteiger partial charge in [-0.3, -0.25) is 14.4 Å². The predicted octanol–water partition coefficient (Wildman–Crippen LogP) is 3.48. The van der Waals surface area contributed by atoms with Crippen molar-refractivity contribution in [1.29, 1.82) is 0 Å². The second-order valence-electron chi connectivity index (χ2n) is 11.2. The molecule has 0 unspecified atom stereocenters. The van der Waals surface area contributed by atoms with Crippen LogP contribution in [0.2, 0.25) is 0 Å². The van der Waals surface area contributed by atoms with Gasteiger partial charge in [-0.05, 0) is 51.7 Å². The molecular weight excluding hydrogens is 480 g/mol. The van der Waals surface area contributed by atoms with Crippen molar-refractivity contribution in [2.75, 3.05) is 7.11 Å². The summed E-state index contributed by atoms with van der Waals surface area (Å²) in [6.45, 7) is 10.1. The number of methoxy groups -OCH3 is 1. The number of rotatable bonds is 5. The van der Waals surface area contributed by atoms with Crippen molar-refractivity contribution < 1.29 is 42.9 Å². The fourth-order valence-electron chi connectivity index (χ4n) is 7.36. The van der Waals surface area contributed by atoms with E-state index in [0.29, 0.717) is 18.4 Å². The monoisotopic (exact) mass is 516 g/mol. The van der Waals surface area contributed by atoms with Gasteiger partial charge >= 0.3 is 23.9 Å². The van der Waals surface area contributed by atoms with E-state index in [9.17, 15) is 19.2 Å². The Kier molecular flexibility index (Phi) is 6.90. The highest BCUT2D eigenvalue weighted by atomic mass is 16.6. The third-order valence-corrected chi connectivity index (χ3v) is 8.71. The van der Waals surface area contributed by atoms with Crippen LogP contribution in [0.25, 0.3) is 0 Å². The van der Waals surface area contributed by atoms with E-state index in [-0.39, 0.29) is 5.92 Å². The molecule has 0 aromatic heterocycles. The van der Waals surface area contributed by atoms with Crippen LogP contribution in [0.1, 0.15) is 64.7 Å². The fourth-order valence-corrected chi connectivity index (χ4v) is 7.36. The van der Waals surface area contributed by atoms with Crippen molar-refractivity contribution in [3.8, 4) is 0 Å². The standard InChI is InChI=1S/C28H36O9/c1-15-13-14-19(34-16(2)29)27(6)22(36-24(31)18-11-9-8-10-12-18)20(25(32)33-7)21-23(35-17(3)30)28(15,27)37-26(21,4)5/h8-12,15,19-23H,13-14H2,1-7H3/t15-,19-,20+,21-,22+,23-,27+,28-/m1/s1. The van der Waals surface area contributed by atoms with Crippen LogP contribution in [0.5, 0.6) is 0 Å². The van der Waals surface area contributed by atoms with Crippen LogP contribution in [0.3, 0.4) is 0 Å². The van der Waals surface area contributed by atoms with Crippen LogP contribution in [0.15, 0.2) is 30.3 Å². The number of hydrogen-bond donors (Lipinski definition) is 0. The Morgan fingerprint density at radius 1 is 0.892 bits per heavy atom. The molecule has 1 spiro atoms. The summed E-state index contributed by atoms with van der Waals surface area (Å²) in [6, 6.07) is 8.47. The van der Waals surface area contributed by atoms with Crippen molar-refractivity contribution in [2.45, 2.75) is 83.9 Å². The normalized spacial score (nSPS) is 37.6. The van der Waals surface area contributed by atoms with Gasteiger partial charge in [0.25, 0.3) is 0 Å². The maximum absolute atomic E-state index is 13.5. The molecular formula is C28H36O9. The molecule has 0 radical (unpaired) electrons. The molecule has 1 heterocycles. The molecule has 9 heteroatoms. The lowest BCUT2D eigenvalue weighted by Gasteiger charge is -2.62. The number of carbonyl (C=O) groups excluding carboxylic acids is 4. The topological polar surface area (TPSA) is 114 Å². The zero-order valence-corrected chi connectivity index (χ0v) is 22.4. The molecule has 0 N–H and O–H groups in total. The summed E-state index contributed by atoms with van der Waals surface area (Å²) >= 11 is 0. The summed E-state index contributed by atoms with van der Waals surface area (Å²) in [5.41, 5.74) is -3.13. The first-order chi connectivity index (χ1) is 17.3. The van der Waals surface area contributed by atoms with E-state index in [2.05, 4.69) is 0 Å². The number of benzene rings is 1. The fraction of sp³-hybridized carbons (Fsp3) is 0.643. The van der Waals surface area contributed by atoms with Gasteiger partial charge < -0.3 is 23.7 Å². The molecule has 1 aromatic carbocycles. The van der Waals surface area contributed by atoms with E-state index in [4.69, 9.17) is 23.7 Å². The lowest BCUT2D eigenvalue weighted by molar-refractivity contribution is -0.292. The zero-order chi connectivity index (χ0) is 27.3. The van der Waals surface area contributed by atoms with E-state index >= 15 is 0 Å². The minimum atomic E-state index is -1.26. The Hall–Kier alpha value is -2.94. The number of fused-ring (bicyclic) bond motifs is 1. The molecule has 8 atom stereocenters. The van der Waals surface area contributed by atoms with Crippen molar-refractivity contribution >= 4 is 23.9 Å². The zero-order valence-electron chi connectivity index (χ0n) is 22.4. The average Bonchev–Trinajstić information content (AvgIpc) is 3.02. The van der Waals surface area contributed by atoms with Crippen molar-refractivity contribution in [3.05, 3.63) is 35.9 Å². The molecule has 1 aromatic rings. The van der Waals surface area contributed by atoms with Gasteiger partial charge in [-0.2, -0.15) is 0 Å². The molecule has 1 saturated heterocycles. The summed E-state index contributed by atoms with van der Waals surface area (Å²) in [5, 5.41) is 0. The highest BCUT2D eigenvalue weighted by Crippen LogP contribution is 2.69. The Balaban J connectivity index is 1.98. The smallest absolute Gasteiger partial charge is 0.338 e. The SMILES string of the molecule is COC(=O)[C@H]1[C@@H]2[C@@H](OC(C)=O)[C@]3(OC2(C)C)[C@H](C)CC[C@@H](OC(C)=O)[C@@]3(C)[C@H]1OC(=O)c1ccccc1. The van der Waals surface area contributed by atoms with Gasteiger partial charge in [-0.15, -0.1) is 0 Å². The summed E-state index contributed by atoms with van der Waals surface area (Å²) in [7, 11) is 1.26. The second-order valence-corrected chi connectivity index (χ2v) is 11.2. The van der Waals surface area contributed by atoms with E-state index in [1.807, 2.05) is 27.7 Å². The summed E-state index contributed by atoms with van der Waals surface area (Å²) < 4.78 is 30.2. The van der Waals surface area contributed by atoms with Gasteiger partial charge in [-0.25, -0.2) is 4.79 Å². The van der Waals surface area contributed by atoms with Gasteiger partial charge in [0.1, 0.15) is 29.8 Å². The highest BCUT2D eigenvalue weighted by molar-refractivity contribution is 5.90.